The lowest BCUT2D eigenvalue weighted by Crippen LogP contribution is -2.45. The molecule has 140 valence electrons. The number of likely N-dealkylation sites (tertiary alicyclic amines) is 1. The number of hydrogen-bond acceptors (Lipinski definition) is 5. The monoisotopic (exact) mass is 345 g/mol. The van der Waals surface area contributed by atoms with Gasteiger partial charge in [-0.25, -0.2) is 0 Å². The largest absolute Gasteiger partial charge is 0.483 e. The predicted molar refractivity (Wildman–Crippen MR) is 90.9 cm³/mol. The summed E-state index contributed by atoms with van der Waals surface area (Å²) >= 11 is 0. The Bertz CT molecular complexity index is 393. The van der Waals surface area contributed by atoms with Gasteiger partial charge in [0.15, 0.2) is 0 Å². The zero-order valence-electron chi connectivity index (χ0n) is 15.1. The molecule has 1 atom stereocenters. The Morgan fingerprint density at radius 1 is 1.25 bits per heavy atom. The van der Waals surface area contributed by atoms with Gasteiger partial charge in [-0.2, -0.15) is 0 Å². The highest BCUT2D eigenvalue weighted by atomic mass is 16.3. The normalized spacial score (nSPS) is 21.8. The molecule has 1 amide bonds. The summed E-state index contributed by atoms with van der Waals surface area (Å²) in [6, 6.07) is 0.472. The van der Waals surface area contributed by atoms with Crippen LogP contribution in [0.2, 0.25) is 0 Å². The van der Waals surface area contributed by atoms with E-state index in [0.717, 1.165) is 19.4 Å². The molecule has 8 heteroatoms. The maximum absolute atomic E-state index is 11.7. The minimum Gasteiger partial charge on any atom is -0.483 e. The first-order valence-electron chi connectivity index (χ1n) is 8.07. The van der Waals surface area contributed by atoms with Crippen molar-refractivity contribution in [1.29, 1.82) is 0 Å². The fourth-order valence-corrected chi connectivity index (χ4v) is 2.80. The van der Waals surface area contributed by atoms with Gasteiger partial charge in [-0.05, 0) is 59.7 Å². The molecule has 2 aliphatic rings. The minimum absolute atomic E-state index is 0.184. The number of rotatable bonds is 5. The van der Waals surface area contributed by atoms with E-state index in [1.165, 1.54) is 13.0 Å². The summed E-state index contributed by atoms with van der Waals surface area (Å²) in [7, 11) is 4.25. The van der Waals surface area contributed by atoms with Crippen LogP contribution in [0.5, 0.6) is 0 Å². The highest BCUT2D eigenvalue weighted by Crippen LogP contribution is 2.33. The second-order valence-electron chi connectivity index (χ2n) is 6.81. The van der Waals surface area contributed by atoms with E-state index in [4.69, 9.17) is 19.8 Å². The summed E-state index contributed by atoms with van der Waals surface area (Å²) in [5, 5.41) is 16.8. The van der Waals surface area contributed by atoms with Crippen molar-refractivity contribution in [3.8, 4) is 0 Å². The highest BCUT2D eigenvalue weighted by Gasteiger charge is 2.39. The van der Waals surface area contributed by atoms with Crippen molar-refractivity contribution in [2.45, 2.75) is 44.7 Å². The first-order chi connectivity index (χ1) is 11.2. The molecule has 0 spiro atoms. The Balaban J connectivity index is 0.000000772. The standard InChI is InChI=1S/C14H27N3O.2CH2O2/c1-14(2)11(7-8-17(14)4)9-16(3)10-13(18)15-12-5-6-12;2*2-1-3/h11-12H,5-10H2,1-4H3,(H,15,18);2*1H,(H,2,3). The van der Waals surface area contributed by atoms with Gasteiger partial charge in [-0.1, -0.05) is 0 Å². The zero-order valence-corrected chi connectivity index (χ0v) is 15.1. The molecule has 1 aliphatic heterocycles. The van der Waals surface area contributed by atoms with Crippen molar-refractivity contribution in [3.63, 3.8) is 0 Å². The highest BCUT2D eigenvalue weighted by molar-refractivity contribution is 5.78. The van der Waals surface area contributed by atoms with E-state index in [9.17, 15) is 4.79 Å². The van der Waals surface area contributed by atoms with Crippen molar-refractivity contribution >= 4 is 18.9 Å². The number of carboxylic acid groups (broad SMARTS) is 2. The molecule has 1 saturated heterocycles. The average Bonchev–Trinajstić information content (AvgIpc) is 3.23. The molecule has 3 N–H and O–H groups in total. The van der Waals surface area contributed by atoms with Crippen LogP contribution in [0.3, 0.4) is 0 Å². The molecule has 1 aliphatic carbocycles. The zero-order chi connectivity index (χ0) is 18.8. The lowest BCUT2D eigenvalue weighted by atomic mass is 9.88. The minimum atomic E-state index is -0.250. The topological polar surface area (TPSA) is 110 Å². The van der Waals surface area contributed by atoms with E-state index in [1.807, 2.05) is 0 Å². The summed E-state index contributed by atoms with van der Waals surface area (Å²) in [5.74, 6) is 0.838. The molecule has 1 saturated carbocycles. The molecule has 24 heavy (non-hydrogen) atoms. The van der Waals surface area contributed by atoms with Gasteiger partial charge in [0.05, 0.1) is 6.54 Å². The molecule has 1 heterocycles. The third kappa shape index (κ3) is 8.26. The van der Waals surface area contributed by atoms with Crippen LogP contribution in [-0.2, 0) is 14.4 Å². The molecule has 0 bridgehead atoms. The van der Waals surface area contributed by atoms with Crippen molar-refractivity contribution in [2.24, 2.45) is 5.92 Å². The summed E-state index contributed by atoms with van der Waals surface area (Å²) in [6.07, 6.45) is 3.56. The van der Waals surface area contributed by atoms with Gasteiger partial charge in [-0.15, -0.1) is 0 Å². The van der Waals surface area contributed by atoms with Crippen LogP contribution < -0.4 is 5.32 Å². The number of carbonyl (C=O) groups excluding carboxylic acids is 1. The molecule has 8 nitrogen and oxygen atoms in total. The van der Waals surface area contributed by atoms with Crippen molar-refractivity contribution in [2.75, 3.05) is 33.7 Å². The molecular formula is C16H31N3O5. The number of nitrogens with zero attached hydrogens (tertiary/aromatic N) is 2. The van der Waals surface area contributed by atoms with Gasteiger partial charge in [0.25, 0.3) is 12.9 Å². The maximum Gasteiger partial charge on any atom is 0.290 e. The summed E-state index contributed by atoms with van der Waals surface area (Å²) in [4.78, 5) is 33.1. The molecule has 1 unspecified atom stereocenters. The Kier molecular flexibility index (Phi) is 10.2. The number of nitrogens with one attached hydrogen (secondary N) is 1. The average molecular weight is 345 g/mol. The number of hydrogen-bond donors (Lipinski definition) is 3. The molecule has 2 rings (SSSR count). The summed E-state index contributed by atoms with van der Waals surface area (Å²) in [6.45, 7) is 6.83. The second kappa shape index (κ2) is 11.0. The van der Waals surface area contributed by atoms with Gasteiger partial charge in [0, 0.05) is 18.1 Å². The quantitative estimate of drug-likeness (QED) is 0.616. The van der Waals surface area contributed by atoms with E-state index in [1.54, 1.807) is 0 Å². The van der Waals surface area contributed by atoms with Gasteiger partial charge in [-0.3, -0.25) is 19.3 Å². The van der Waals surface area contributed by atoms with Crippen molar-refractivity contribution < 1.29 is 24.6 Å². The smallest absolute Gasteiger partial charge is 0.290 e. The summed E-state index contributed by atoms with van der Waals surface area (Å²) < 4.78 is 0. The SMILES string of the molecule is CN(CC(=O)NC1CC1)CC1CCN(C)C1(C)C.O=CO.O=CO. The van der Waals surface area contributed by atoms with Crippen LogP contribution in [0.15, 0.2) is 0 Å². The first kappa shape index (κ1) is 22.3. The molecular weight excluding hydrogens is 314 g/mol. The van der Waals surface area contributed by atoms with E-state index in [0.29, 0.717) is 18.5 Å². The van der Waals surface area contributed by atoms with Crippen LogP contribution >= 0.6 is 0 Å². The predicted octanol–water partition coefficient (Wildman–Crippen LogP) is 0.329. The fourth-order valence-electron chi connectivity index (χ4n) is 2.80. The summed E-state index contributed by atoms with van der Waals surface area (Å²) in [5.41, 5.74) is 0.251. The second-order valence-corrected chi connectivity index (χ2v) is 6.81. The van der Waals surface area contributed by atoms with E-state index >= 15 is 0 Å². The van der Waals surface area contributed by atoms with Crippen LogP contribution in [0.4, 0.5) is 0 Å². The Morgan fingerprint density at radius 2 is 1.75 bits per heavy atom. The lowest BCUT2D eigenvalue weighted by Gasteiger charge is -2.35. The van der Waals surface area contributed by atoms with Crippen LogP contribution in [0.25, 0.3) is 0 Å². The third-order valence-electron chi connectivity index (χ3n) is 4.68. The van der Waals surface area contributed by atoms with Gasteiger partial charge in [0.2, 0.25) is 5.91 Å². The van der Waals surface area contributed by atoms with Gasteiger partial charge in [0.1, 0.15) is 0 Å². The molecule has 0 radical (unpaired) electrons. The number of carbonyl (C=O) groups is 3. The van der Waals surface area contributed by atoms with Crippen LogP contribution in [0.1, 0.15) is 33.1 Å². The van der Waals surface area contributed by atoms with Crippen LogP contribution in [0, 0.1) is 5.92 Å². The fraction of sp³-hybridized carbons (Fsp3) is 0.812. The molecule has 0 aromatic carbocycles. The Hall–Kier alpha value is -1.67. The van der Waals surface area contributed by atoms with E-state index < -0.39 is 0 Å². The van der Waals surface area contributed by atoms with Crippen LogP contribution in [-0.4, -0.2) is 84.2 Å². The molecule has 0 aromatic heterocycles. The van der Waals surface area contributed by atoms with E-state index in [2.05, 4.69) is 43.1 Å². The molecule has 0 aromatic rings. The lowest BCUT2D eigenvalue weighted by molar-refractivity contribution is -0.123. The van der Waals surface area contributed by atoms with Crippen molar-refractivity contribution in [3.05, 3.63) is 0 Å². The number of likely N-dealkylation sites (N-methyl/N-ethyl adjacent to an activating group) is 1. The third-order valence-corrected chi connectivity index (χ3v) is 4.68. The first-order valence-corrected chi connectivity index (χ1v) is 8.07. The Morgan fingerprint density at radius 3 is 2.12 bits per heavy atom. The molecule has 2 fully saturated rings. The Labute approximate surface area is 143 Å². The number of amides is 1. The van der Waals surface area contributed by atoms with E-state index in [-0.39, 0.29) is 24.4 Å². The van der Waals surface area contributed by atoms with Gasteiger partial charge < -0.3 is 20.4 Å². The van der Waals surface area contributed by atoms with Crippen molar-refractivity contribution in [1.82, 2.24) is 15.1 Å². The van der Waals surface area contributed by atoms with Gasteiger partial charge >= 0.3 is 0 Å². The maximum atomic E-state index is 11.7.